The molecule has 0 aliphatic rings. The molecule has 2 aromatic carbocycles. The number of hydrogen-bond donors (Lipinski definition) is 1. The van der Waals surface area contributed by atoms with E-state index in [1.54, 1.807) is 14.2 Å². The van der Waals surface area contributed by atoms with Crippen LogP contribution >= 0.6 is 11.3 Å². The van der Waals surface area contributed by atoms with E-state index in [1.165, 1.54) is 11.3 Å². The SMILES string of the molecule is COc1ccc(OC)c(/C=C/c2nnc(Nc3ccccc3)s2)c1. The van der Waals surface area contributed by atoms with Gasteiger partial charge in [-0.2, -0.15) is 0 Å². The second-order valence-electron chi connectivity index (χ2n) is 4.88. The average molecular weight is 339 g/mol. The highest BCUT2D eigenvalue weighted by Crippen LogP contribution is 2.27. The van der Waals surface area contributed by atoms with Gasteiger partial charge in [0.05, 0.1) is 14.2 Å². The molecule has 0 saturated heterocycles. The molecule has 3 aromatic rings. The standard InChI is InChI=1S/C18H17N3O2S/c1-22-15-9-10-16(23-2)13(12-15)8-11-17-20-21-18(24-17)19-14-6-4-3-5-7-14/h3-12H,1-2H3,(H,19,21)/b11-8+. The van der Waals surface area contributed by atoms with Crippen molar-refractivity contribution in [2.45, 2.75) is 0 Å². The van der Waals surface area contributed by atoms with Crippen molar-refractivity contribution in [1.29, 1.82) is 0 Å². The predicted octanol–water partition coefficient (Wildman–Crippen LogP) is 4.47. The third-order valence-electron chi connectivity index (χ3n) is 3.31. The zero-order valence-electron chi connectivity index (χ0n) is 13.4. The van der Waals surface area contributed by atoms with E-state index in [0.717, 1.165) is 32.9 Å². The van der Waals surface area contributed by atoms with Gasteiger partial charge in [0, 0.05) is 11.3 Å². The Kier molecular flexibility index (Phi) is 5.08. The van der Waals surface area contributed by atoms with Gasteiger partial charge < -0.3 is 14.8 Å². The van der Waals surface area contributed by atoms with Crippen molar-refractivity contribution < 1.29 is 9.47 Å². The Hall–Kier alpha value is -2.86. The molecule has 0 atom stereocenters. The van der Waals surface area contributed by atoms with Crippen molar-refractivity contribution in [1.82, 2.24) is 10.2 Å². The van der Waals surface area contributed by atoms with Crippen LogP contribution in [-0.2, 0) is 0 Å². The number of hydrogen-bond acceptors (Lipinski definition) is 6. The third kappa shape index (κ3) is 3.91. The number of nitrogens with one attached hydrogen (secondary N) is 1. The molecular weight excluding hydrogens is 322 g/mol. The minimum absolute atomic E-state index is 0.749. The topological polar surface area (TPSA) is 56.3 Å². The lowest BCUT2D eigenvalue weighted by Gasteiger charge is -2.06. The molecule has 122 valence electrons. The lowest BCUT2D eigenvalue weighted by Crippen LogP contribution is -1.89. The van der Waals surface area contributed by atoms with Crippen LogP contribution in [0.2, 0.25) is 0 Å². The van der Waals surface area contributed by atoms with Crippen LogP contribution in [0, 0.1) is 0 Å². The van der Waals surface area contributed by atoms with Crippen LogP contribution in [0.1, 0.15) is 10.6 Å². The summed E-state index contributed by atoms with van der Waals surface area (Å²) in [4.78, 5) is 0. The van der Waals surface area contributed by atoms with Crippen LogP contribution in [0.15, 0.2) is 48.5 Å². The Morgan fingerprint density at radius 3 is 2.54 bits per heavy atom. The van der Waals surface area contributed by atoms with Crippen LogP contribution in [-0.4, -0.2) is 24.4 Å². The van der Waals surface area contributed by atoms with Crippen LogP contribution in [0.3, 0.4) is 0 Å². The molecule has 1 N–H and O–H groups in total. The van der Waals surface area contributed by atoms with Crippen LogP contribution in [0.5, 0.6) is 11.5 Å². The molecule has 3 rings (SSSR count). The van der Waals surface area contributed by atoms with Crippen molar-refractivity contribution in [2.24, 2.45) is 0 Å². The summed E-state index contributed by atoms with van der Waals surface area (Å²) in [5, 5.41) is 13.1. The summed E-state index contributed by atoms with van der Waals surface area (Å²) in [5.41, 5.74) is 1.91. The molecule has 0 saturated carbocycles. The number of ether oxygens (including phenoxy) is 2. The van der Waals surface area contributed by atoms with E-state index < -0.39 is 0 Å². The first-order chi connectivity index (χ1) is 11.8. The Morgan fingerprint density at radius 1 is 0.958 bits per heavy atom. The van der Waals surface area contributed by atoms with Gasteiger partial charge >= 0.3 is 0 Å². The fourth-order valence-corrected chi connectivity index (χ4v) is 2.79. The van der Waals surface area contributed by atoms with Crippen molar-refractivity contribution in [3.8, 4) is 11.5 Å². The van der Waals surface area contributed by atoms with Gasteiger partial charge in [0.25, 0.3) is 0 Å². The van der Waals surface area contributed by atoms with E-state index in [1.807, 2.05) is 60.7 Å². The molecule has 0 spiro atoms. The molecule has 0 fully saturated rings. The fourth-order valence-electron chi connectivity index (χ4n) is 2.13. The van der Waals surface area contributed by atoms with Gasteiger partial charge in [0.2, 0.25) is 5.13 Å². The van der Waals surface area contributed by atoms with E-state index in [0.29, 0.717) is 0 Å². The summed E-state index contributed by atoms with van der Waals surface area (Å²) in [6.07, 6.45) is 3.85. The van der Waals surface area contributed by atoms with Gasteiger partial charge in [-0.1, -0.05) is 29.5 Å². The summed E-state index contributed by atoms with van der Waals surface area (Å²) in [6.45, 7) is 0. The molecule has 6 heteroatoms. The smallest absolute Gasteiger partial charge is 0.210 e. The molecule has 1 aromatic heterocycles. The molecule has 0 aliphatic carbocycles. The van der Waals surface area contributed by atoms with Gasteiger partial charge in [-0.15, -0.1) is 10.2 Å². The van der Waals surface area contributed by atoms with E-state index in [-0.39, 0.29) is 0 Å². The summed E-state index contributed by atoms with van der Waals surface area (Å²) in [6, 6.07) is 15.5. The fraction of sp³-hybridized carbons (Fsp3) is 0.111. The van der Waals surface area contributed by atoms with Gasteiger partial charge in [0.1, 0.15) is 16.5 Å². The first-order valence-corrected chi connectivity index (χ1v) is 8.16. The molecule has 0 amide bonds. The zero-order chi connectivity index (χ0) is 16.8. The van der Waals surface area contributed by atoms with E-state index >= 15 is 0 Å². The minimum Gasteiger partial charge on any atom is -0.497 e. The first kappa shape index (κ1) is 16.0. The first-order valence-electron chi connectivity index (χ1n) is 7.34. The maximum Gasteiger partial charge on any atom is 0.210 e. The minimum atomic E-state index is 0.749. The zero-order valence-corrected chi connectivity index (χ0v) is 14.2. The number of benzene rings is 2. The van der Waals surface area contributed by atoms with Crippen LogP contribution in [0.4, 0.5) is 10.8 Å². The quantitative estimate of drug-likeness (QED) is 0.718. The monoisotopic (exact) mass is 339 g/mol. The highest BCUT2D eigenvalue weighted by molar-refractivity contribution is 7.16. The third-order valence-corrected chi connectivity index (χ3v) is 4.11. The maximum atomic E-state index is 5.37. The van der Waals surface area contributed by atoms with Crippen molar-refractivity contribution in [2.75, 3.05) is 19.5 Å². The Bertz CT molecular complexity index is 831. The van der Waals surface area contributed by atoms with Gasteiger partial charge in [-0.25, -0.2) is 0 Å². The summed E-state index contributed by atoms with van der Waals surface area (Å²) in [5.74, 6) is 1.55. The van der Waals surface area contributed by atoms with Crippen molar-refractivity contribution in [3.05, 3.63) is 59.1 Å². The lowest BCUT2D eigenvalue weighted by atomic mass is 10.1. The normalized spacial score (nSPS) is 10.8. The molecular formula is C18H17N3O2S. The molecule has 0 unspecified atom stereocenters. The van der Waals surface area contributed by atoms with Gasteiger partial charge in [-0.3, -0.25) is 0 Å². The highest BCUT2D eigenvalue weighted by atomic mass is 32.1. The summed E-state index contributed by atoms with van der Waals surface area (Å²) >= 11 is 1.48. The second kappa shape index (κ2) is 7.61. The summed E-state index contributed by atoms with van der Waals surface area (Å²) < 4.78 is 10.6. The number of nitrogens with zero attached hydrogens (tertiary/aromatic N) is 2. The predicted molar refractivity (Wildman–Crippen MR) is 98.1 cm³/mol. The summed E-state index contributed by atoms with van der Waals surface area (Å²) in [7, 11) is 3.29. The van der Waals surface area contributed by atoms with E-state index in [2.05, 4.69) is 15.5 Å². The average Bonchev–Trinajstić information content (AvgIpc) is 3.08. The number of aromatic nitrogens is 2. The Labute approximate surface area is 144 Å². The Morgan fingerprint density at radius 2 is 1.79 bits per heavy atom. The van der Waals surface area contributed by atoms with Gasteiger partial charge in [-0.05, 0) is 42.5 Å². The second-order valence-corrected chi connectivity index (χ2v) is 5.89. The number of anilines is 2. The van der Waals surface area contributed by atoms with Crippen LogP contribution < -0.4 is 14.8 Å². The molecule has 1 heterocycles. The van der Waals surface area contributed by atoms with E-state index in [4.69, 9.17) is 9.47 Å². The number of rotatable bonds is 6. The largest absolute Gasteiger partial charge is 0.497 e. The lowest BCUT2D eigenvalue weighted by molar-refractivity contribution is 0.402. The van der Waals surface area contributed by atoms with Gasteiger partial charge in [0.15, 0.2) is 0 Å². The number of methoxy groups -OCH3 is 2. The molecule has 0 radical (unpaired) electrons. The van der Waals surface area contributed by atoms with E-state index in [9.17, 15) is 0 Å². The molecule has 0 aliphatic heterocycles. The maximum absolute atomic E-state index is 5.37. The van der Waals surface area contributed by atoms with Crippen molar-refractivity contribution >= 4 is 34.3 Å². The molecule has 24 heavy (non-hydrogen) atoms. The van der Waals surface area contributed by atoms with Crippen LogP contribution in [0.25, 0.3) is 12.2 Å². The Balaban J connectivity index is 1.76. The molecule has 0 bridgehead atoms. The molecule has 5 nitrogen and oxygen atoms in total. The van der Waals surface area contributed by atoms with Crippen molar-refractivity contribution in [3.63, 3.8) is 0 Å². The highest BCUT2D eigenvalue weighted by Gasteiger charge is 2.04. The number of para-hydroxylation sites is 1.